The molecule has 0 aliphatic carbocycles. The topological polar surface area (TPSA) is 128 Å². The van der Waals surface area contributed by atoms with Gasteiger partial charge in [-0.05, 0) is 87.8 Å². The molecular weight excluding hydrogens is 661 g/mol. The standard InChI is InChI=1S/C26H44N7O2P5S2/c1-7-8-9-18-26(3,39(28)40(29)36-27)35-25-16-12-23(13-17-25)20-31-33(5)38(42)21(2)34-24-14-10-22(11-15-24)19-30-32(4)37(6)41/h10-17,19-21,36H,7-9,18,27-29H2,1-6H3/q+2/b30-19+,31-20+. The van der Waals surface area contributed by atoms with Crippen molar-refractivity contribution in [2.24, 2.45) is 26.7 Å². The number of nitrogens with zero attached hydrogens (tertiary/aromatic N) is 4. The summed E-state index contributed by atoms with van der Waals surface area (Å²) in [6.45, 7) is 6.43. The van der Waals surface area contributed by atoms with Crippen LogP contribution in [0.5, 0.6) is 11.5 Å². The van der Waals surface area contributed by atoms with E-state index in [1.54, 1.807) is 22.0 Å². The first-order valence-electron chi connectivity index (χ1n) is 13.4. The van der Waals surface area contributed by atoms with Crippen LogP contribution in [0.3, 0.4) is 0 Å². The first-order valence-corrected chi connectivity index (χ1v) is 24.0. The molecule has 0 saturated carbocycles. The summed E-state index contributed by atoms with van der Waals surface area (Å²) in [5, 5.41) is 8.43. The molecule has 6 N–H and O–H groups in total. The van der Waals surface area contributed by atoms with Gasteiger partial charge in [-0.15, -0.1) is 19.8 Å². The highest BCUT2D eigenvalue weighted by atomic mass is 32.5. The Morgan fingerprint density at radius 1 is 0.976 bits per heavy atom. The van der Waals surface area contributed by atoms with Gasteiger partial charge < -0.3 is 26.0 Å². The number of ether oxygens (including phenoxy) is 2. The Balaban J connectivity index is 1.98. The highest BCUT2D eigenvalue weighted by Gasteiger charge is 2.37. The third-order valence-corrected chi connectivity index (χ3v) is 19.3. The van der Waals surface area contributed by atoms with Gasteiger partial charge in [0.15, 0.2) is 23.6 Å². The maximum Gasteiger partial charge on any atom is 0.355 e. The molecule has 2 aromatic rings. The molecule has 0 aromatic heterocycles. The molecule has 230 valence electrons. The molecule has 0 radical (unpaired) electrons. The molecule has 2 rings (SSSR count). The Morgan fingerprint density at radius 2 is 1.50 bits per heavy atom. The Hall–Kier alpha value is -0.810. The lowest BCUT2D eigenvalue weighted by molar-refractivity contribution is 0.166. The van der Waals surface area contributed by atoms with Crippen LogP contribution in [0, 0.1) is 0 Å². The molecule has 0 aliphatic heterocycles. The van der Waals surface area contributed by atoms with Gasteiger partial charge in [0.25, 0.3) is 5.85 Å². The average molecular weight is 706 g/mol. The first kappa shape index (κ1) is 37.4. The zero-order valence-corrected chi connectivity index (χ0v) is 31.3. The van der Waals surface area contributed by atoms with E-state index in [0.29, 0.717) is 0 Å². The molecule has 0 bridgehead atoms. The van der Waals surface area contributed by atoms with E-state index < -0.39 is 34.2 Å². The van der Waals surface area contributed by atoms with Crippen molar-refractivity contribution in [1.29, 1.82) is 0 Å². The lowest BCUT2D eigenvalue weighted by Crippen LogP contribution is -2.32. The second-order valence-corrected chi connectivity index (χ2v) is 24.3. The Bertz CT molecular complexity index is 1210. The molecule has 0 aliphatic rings. The second kappa shape index (κ2) is 18.9. The van der Waals surface area contributed by atoms with E-state index in [-0.39, 0.29) is 14.3 Å². The minimum absolute atomic E-state index is 0.151. The van der Waals surface area contributed by atoms with Crippen molar-refractivity contribution in [3.8, 4) is 11.5 Å². The van der Waals surface area contributed by atoms with Crippen molar-refractivity contribution >= 4 is 73.4 Å². The fourth-order valence-electron chi connectivity index (χ4n) is 3.62. The van der Waals surface area contributed by atoms with Gasteiger partial charge in [0.05, 0.1) is 34.3 Å². The molecule has 7 atom stereocenters. The summed E-state index contributed by atoms with van der Waals surface area (Å²) in [5.41, 5.74) is 20.7. The fraction of sp³-hybridized carbons (Fsp3) is 0.462. The van der Waals surface area contributed by atoms with Gasteiger partial charge in [-0.25, -0.2) is 0 Å². The van der Waals surface area contributed by atoms with E-state index in [2.05, 4.69) is 24.1 Å². The minimum Gasteiger partial charge on any atom is -0.481 e. The van der Waals surface area contributed by atoms with Crippen molar-refractivity contribution in [1.82, 2.24) is 9.56 Å². The molecule has 0 amide bonds. The van der Waals surface area contributed by atoms with E-state index in [1.807, 2.05) is 76.2 Å². The first-order chi connectivity index (χ1) is 19.9. The molecule has 0 spiro atoms. The van der Waals surface area contributed by atoms with Gasteiger partial charge in [-0.2, -0.15) is 0 Å². The summed E-state index contributed by atoms with van der Waals surface area (Å²) in [6.07, 6.45) is 7.73. The molecule has 42 heavy (non-hydrogen) atoms. The number of hydrazone groups is 2. The summed E-state index contributed by atoms with van der Waals surface area (Å²) in [7, 11) is 1.93. The smallest absolute Gasteiger partial charge is 0.355 e. The maximum absolute atomic E-state index is 6.60. The van der Waals surface area contributed by atoms with Gasteiger partial charge >= 0.3 is 13.7 Å². The Morgan fingerprint density at radius 3 is 2.00 bits per heavy atom. The van der Waals surface area contributed by atoms with E-state index in [1.165, 1.54) is 0 Å². The van der Waals surface area contributed by atoms with Crippen LogP contribution in [0.25, 0.3) is 0 Å². The van der Waals surface area contributed by atoms with E-state index in [9.17, 15) is 0 Å². The van der Waals surface area contributed by atoms with Crippen molar-refractivity contribution in [2.75, 3.05) is 20.8 Å². The van der Waals surface area contributed by atoms with E-state index in [0.717, 1.165) is 48.3 Å². The summed E-state index contributed by atoms with van der Waals surface area (Å²) in [5.74, 6) is 1.30. The van der Waals surface area contributed by atoms with Crippen molar-refractivity contribution < 1.29 is 9.47 Å². The maximum atomic E-state index is 6.60. The van der Waals surface area contributed by atoms with Gasteiger partial charge in [0.1, 0.15) is 23.5 Å². The molecule has 16 heteroatoms. The minimum atomic E-state index is -1.10. The Kier molecular flexibility index (Phi) is 16.8. The number of unbranched alkanes of at least 4 members (excludes halogenated alkanes) is 2. The lowest BCUT2D eigenvalue weighted by Gasteiger charge is -2.38. The summed E-state index contributed by atoms with van der Waals surface area (Å²) < 4.78 is 16.2. The predicted octanol–water partition coefficient (Wildman–Crippen LogP) is 7.76. The molecule has 7 unspecified atom stereocenters. The number of hydrogen-bond acceptors (Lipinski definition) is 9. The van der Waals surface area contributed by atoms with Crippen LogP contribution in [0.15, 0.2) is 58.7 Å². The lowest BCUT2D eigenvalue weighted by atomic mass is 10.1. The third-order valence-electron chi connectivity index (χ3n) is 6.25. The van der Waals surface area contributed by atoms with E-state index in [4.69, 9.17) is 49.6 Å². The van der Waals surface area contributed by atoms with Gasteiger partial charge in [-0.1, -0.05) is 19.8 Å². The zero-order chi connectivity index (χ0) is 31.3. The summed E-state index contributed by atoms with van der Waals surface area (Å²) in [4.78, 5) is 0. The molecule has 9 nitrogen and oxygen atoms in total. The largest absolute Gasteiger partial charge is 0.481 e. The van der Waals surface area contributed by atoms with E-state index >= 15 is 0 Å². The summed E-state index contributed by atoms with van der Waals surface area (Å²) >= 11 is 11.0. The van der Waals surface area contributed by atoms with Crippen LogP contribution in [0.4, 0.5) is 0 Å². The summed E-state index contributed by atoms with van der Waals surface area (Å²) in [6, 6.07) is 15.6. The van der Waals surface area contributed by atoms with Crippen LogP contribution < -0.4 is 26.0 Å². The fourth-order valence-corrected chi connectivity index (χ4v) is 11.4. The van der Waals surface area contributed by atoms with Crippen molar-refractivity contribution in [3.05, 3.63) is 59.7 Å². The number of benzene rings is 2. The SMILES string of the molecule is CCCCCC(C)(Oc1ccc(/C=N/N(C)[P+](=S)C(C)Oc2ccc(/C=N/N(C)[P+](C)=S)cc2)cc1)P(N)P(N)PN. The molecule has 0 heterocycles. The second-order valence-electron chi connectivity index (χ2n) is 9.64. The normalized spacial score (nSPS) is 16.3. The highest BCUT2D eigenvalue weighted by Crippen LogP contribution is 2.74. The third kappa shape index (κ3) is 12.3. The van der Waals surface area contributed by atoms with Crippen molar-refractivity contribution in [3.63, 3.8) is 0 Å². The number of hydrogen-bond donors (Lipinski definition) is 3. The molecule has 0 saturated heterocycles. The quantitative estimate of drug-likeness (QED) is 0.0617. The van der Waals surface area contributed by atoms with Gasteiger partial charge in [-0.3, -0.25) is 0 Å². The van der Waals surface area contributed by atoms with Crippen LogP contribution in [-0.4, -0.2) is 53.9 Å². The van der Waals surface area contributed by atoms with Crippen LogP contribution in [0.1, 0.15) is 57.6 Å². The number of rotatable bonds is 18. The molecular formula is C26H44N7O2P5S2+2. The average Bonchev–Trinajstić information content (AvgIpc) is 2.98. The monoisotopic (exact) mass is 705 g/mol. The van der Waals surface area contributed by atoms with Crippen LogP contribution >= 0.6 is 37.3 Å². The van der Waals surface area contributed by atoms with Gasteiger partial charge in [0, 0.05) is 14.4 Å². The van der Waals surface area contributed by atoms with Crippen molar-refractivity contribution in [2.45, 2.75) is 57.6 Å². The van der Waals surface area contributed by atoms with Crippen LogP contribution in [-0.2, 0) is 23.6 Å². The van der Waals surface area contributed by atoms with Crippen LogP contribution in [0.2, 0.25) is 0 Å². The Labute approximate surface area is 267 Å². The zero-order valence-electron chi connectivity index (χ0n) is 25.1. The van der Waals surface area contributed by atoms with Gasteiger partial charge in [0.2, 0.25) is 0 Å². The predicted molar refractivity (Wildman–Crippen MR) is 196 cm³/mol. The molecule has 0 fully saturated rings. The number of nitrogens with two attached hydrogens (primary N) is 3. The highest BCUT2D eigenvalue weighted by molar-refractivity contribution is 8.55. The molecule has 2 aromatic carbocycles.